The highest BCUT2D eigenvalue weighted by atomic mass is 19.1. The summed E-state index contributed by atoms with van der Waals surface area (Å²) < 4.78 is 38.5. The molecule has 4 amide bonds. The van der Waals surface area contributed by atoms with E-state index in [-0.39, 0.29) is 29.5 Å². The van der Waals surface area contributed by atoms with E-state index in [1.165, 1.54) is 53.9 Å². The van der Waals surface area contributed by atoms with Crippen LogP contribution in [-0.2, 0) is 16.0 Å². The number of carbonyl (C=O) groups excluding carboxylic acids is 3. The molecule has 0 saturated carbocycles. The number of halogens is 2. The number of urea groups is 1. The number of carbonyl (C=O) groups is 3. The number of nitrogens with one attached hydrogen (secondary N) is 3. The zero-order valence-corrected chi connectivity index (χ0v) is 21.3. The van der Waals surface area contributed by atoms with E-state index in [1.54, 1.807) is 26.8 Å². The Bertz CT molecular complexity index is 1360. The molecule has 1 heterocycles. The van der Waals surface area contributed by atoms with Gasteiger partial charge in [-0.1, -0.05) is 18.2 Å². The molecule has 3 N–H and O–H groups in total. The van der Waals surface area contributed by atoms with Gasteiger partial charge in [0.1, 0.15) is 23.6 Å². The second kappa shape index (κ2) is 13.5. The van der Waals surface area contributed by atoms with Gasteiger partial charge in [-0.3, -0.25) is 10.1 Å². The summed E-state index contributed by atoms with van der Waals surface area (Å²) in [6.07, 6.45) is 3.46. The highest BCUT2D eigenvalue weighted by molar-refractivity contribution is 6.02. The lowest BCUT2D eigenvalue weighted by molar-refractivity contribution is -0.119. The fourth-order valence-electron chi connectivity index (χ4n) is 3.21. The second-order valence-electron chi connectivity index (χ2n) is 7.90. The summed E-state index contributed by atoms with van der Waals surface area (Å²) >= 11 is 0. The van der Waals surface area contributed by atoms with Crippen LogP contribution in [0.5, 0.6) is 5.75 Å². The zero-order chi connectivity index (χ0) is 28.4. The quantitative estimate of drug-likeness (QED) is 0.446. The Morgan fingerprint density at radius 1 is 1.10 bits per heavy atom. The van der Waals surface area contributed by atoms with E-state index in [1.807, 2.05) is 0 Å². The number of aliphatic imine (C=N–C) groups is 1. The number of rotatable bonds is 7. The summed E-state index contributed by atoms with van der Waals surface area (Å²) in [5, 5.41) is 12.4. The molecule has 11 nitrogen and oxygen atoms in total. The Kier molecular flexibility index (Phi) is 9.84. The van der Waals surface area contributed by atoms with Crippen molar-refractivity contribution in [2.45, 2.75) is 27.2 Å². The molecule has 3 rings (SSSR count). The molecule has 13 heteroatoms. The van der Waals surface area contributed by atoms with Gasteiger partial charge in [-0.25, -0.2) is 23.4 Å². The van der Waals surface area contributed by atoms with E-state index in [0.29, 0.717) is 17.8 Å². The molecule has 0 fully saturated rings. The topological polar surface area (TPSA) is 134 Å². The van der Waals surface area contributed by atoms with Crippen molar-refractivity contribution in [1.29, 1.82) is 0 Å². The van der Waals surface area contributed by atoms with Crippen LogP contribution >= 0.6 is 0 Å². The van der Waals surface area contributed by atoms with Gasteiger partial charge in [-0.15, -0.1) is 0 Å². The summed E-state index contributed by atoms with van der Waals surface area (Å²) in [6.45, 7) is 5.40. The average Bonchev–Trinajstić information content (AvgIpc) is 2.87. The maximum atomic E-state index is 14.8. The molecule has 0 radical (unpaired) electrons. The minimum absolute atomic E-state index is 0.0123. The number of amides is 4. The summed E-state index contributed by atoms with van der Waals surface area (Å²) in [5.74, 6) is -1.83. The maximum Gasteiger partial charge on any atom is 0.412 e. The van der Waals surface area contributed by atoms with Crippen LogP contribution in [0, 0.1) is 11.6 Å². The first-order valence-electron chi connectivity index (χ1n) is 11.7. The summed E-state index contributed by atoms with van der Waals surface area (Å²) in [7, 11) is 0. The lowest BCUT2D eigenvalue weighted by Crippen LogP contribution is -2.35. The van der Waals surface area contributed by atoms with Crippen molar-refractivity contribution in [3.63, 3.8) is 0 Å². The Labute approximate surface area is 222 Å². The van der Waals surface area contributed by atoms with Crippen LogP contribution in [0.15, 0.2) is 76.3 Å². The van der Waals surface area contributed by atoms with Gasteiger partial charge >= 0.3 is 12.1 Å². The van der Waals surface area contributed by atoms with Crippen LogP contribution in [0.4, 0.5) is 24.1 Å². The smallest absolute Gasteiger partial charge is 0.412 e. The predicted molar refractivity (Wildman–Crippen MR) is 140 cm³/mol. The number of anilines is 1. The number of allylic oxidation sites excluding steroid dienone is 2. The molecule has 0 bridgehead atoms. The maximum absolute atomic E-state index is 14.8. The third-order valence-corrected chi connectivity index (χ3v) is 4.90. The first kappa shape index (κ1) is 28.5. The molecular formula is C26H26F2N6O5. The van der Waals surface area contributed by atoms with E-state index in [4.69, 9.17) is 9.47 Å². The van der Waals surface area contributed by atoms with E-state index >= 15 is 0 Å². The summed E-state index contributed by atoms with van der Waals surface area (Å²) in [5.41, 5.74) is 0.925. The Hall–Kier alpha value is -5.07. The fourth-order valence-corrected chi connectivity index (χ4v) is 3.21. The lowest BCUT2D eigenvalue weighted by atomic mass is 10.1. The second-order valence-corrected chi connectivity index (χ2v) is 7.90. The number of hydrogen-bond acceptors (Lipinski definition) is 8. The minimum atomic E-state index is -0.869. The largest absolute Gasteiger partial charge is 0.434 e. The van der Waals surface area contributed by atoms with E-state index in [9.17, 15) is 23.2 Å². The molecule has 0 aromatic heterocycles. The van der Waals surface area contributed by atoms with Gasteiger partial charge < -0.3 is 20.1 Å². The van der Waals surface area contributed by atoms with Gasteiger partial charge in [-0.05, 0) is 50.6 Å². The Morgan fingerprint density at radius 3 is 2.51 bits per heavy atom. The predicted octanol–water partition coefficient (Wildman–Crippen LogP) is 4.40. The molecule has 1 aliphatic rings. The van der Waals surface area contributed by atoms with Crippen molar-refractivity contribution in [3.8, 4) is 5.75 Å². The minimum Gasteiger partial charge on any atom is -0.434 e. The summed E-state index contributed by atoms with van der Waals surface area (Å²) in [4.78, 5) is 39.9. The van der Waals surface area contributed by atoms with Crippen LogP contribution in [0.3, 0.4) is 0 Å². The van der Waals surface area contributed by atoms with E-state index in [0.717, 1.165) is 6.07 Å². The molecule has 0 saturated heterocycles. The van der Waals surface area contributed by atoms with Crippen LogP contribution in [0.2, 0.25) is 0 Å². The van der Waals surface area contributed by atoms with Gasteiger partial charge in [0.2, 0.25) is 11.8 Å². The normalized spacial score (nSPS) is 14.0. The first-order valence-corrected chi connectivity index (χ1v) is 11.7. The van der Waals surface area contributed by atoms with Gasteiger partial charge in [0.15, 0.2) is 11.6 Å². The third kappa shape index (κ3) is 8.49. The van der Waals surface area contributed by atoms with Crippen LogP contribution in [-0.4, -0.2) is 41.8 Å². The number of nitrogens with zero attached hydrogens (tertiary/aromatic N) is 3. The Balaban J connectivity index is 1.60. The van der Waals surface area contributed by atoms with Crippen molar-refractivity contribution in [2.75, 3.05) is 11.9 Å². The highest BCUT2D eigenvalue weighted by Crippen LogP contribution is 2.24. The van der Waals surface area contributed by atoms with Crippen molar-refractivity contribution in [3.05, 3.63) is 83.4 Å². The SMILES string of the molecule is C/C=C1\C(Oc2ccc(NC(=O)NC(=O)Cc3ccc(F)cc3)cc2F)=NC=NN1/C=C(\C)OC(=O)NCC. The third-order valence-electron chi connectivity index (χ3n) is 4.90. The van der Waals surface area contributed by atoms with Crippen molar-refractivity contribution >= 4 is 36.0 Å². The number of alkyl carbamates (subject to hydrolysis) is 1. The molecule has 0 spiro atoms. The van der Waals surface area contributed by atoms with Crippen molar-refractivity contribution < 1.29 is 32.6 Å². The van der Waals surface area contributed by atoms with Gasteiger partial charge in [0.05, 0.1) is 12.6 Å². The number of hydrazone groups is 1. The molecule has 2 aromatic rings. The van der Waals surface area contributed by atoms with Crippen LogP contribution in [0.1, 0.15) is 26.3 Å². The van der Waals surface area contributed by atoms with Crippen molar-refractivity contribution in [1.82, 2.24) is 15.6 Å². The zero-order valence-electron chi connectivity index (χ0n) is 21.3. The molecular weight excluding hydrogens is 514 g/mol. The monoisotopic (exact) mass is 540 g/mol. The lowest BCUT2D eigenvalue weighted by Gasteiger charge is -2.22. The Morgan fingerprint density at radius 2 is 1.85 bits per heavy atom. The van der Waals surface area contributed by atoms with Gasteiger partial charge in [0, 0.05) is 18.3 Å². The molecule has 0 atom stereocenters. The van der Waals surface area contributed by atoms with E-state index in [2.05, 4.69) is 26.0 Å². The van der Waals surface area contributed by atoms with Crippen LogP contribution < -0.4 is 20.7 Å². The number of ether oxygens (including phenoxy) is 2. The standard InChI is InChI=1S/C26H26F2N6O5/c1-4-21-24(30-15-31-34(21)14-16(3)38-26(37)29-5-2)39-22-11-10-19(13-20(22)28)32-25(36)33-23(35)12-17-6-8-18(27)9-7-17/h4,6-11,13-15H,5,12H2,1-3H3,(H,29,37)(H2,32,33,35,36)/b16-14+,21-4+. The number of hydrogen-bond donors (Lipinski definition) is 3. The molecule has 2 aromatic carbocycles. The van der Waals surface area contributed by atoms with Crippen LogP contribution in [0.25, 0.3) is 0 Å². The van der Waals surface area contributed by atoms with Gasteiger partial charge in [-0.2, -0.15) is 10.1 Å². The average molecular weight is 541 g/mol. The molecule has 39 heavy (non-hydrogen) atoms. The molecule has 204 valence electrons. The van der Waals surface area contributed by atoms with Gasteiger partial charge in [0.25, 0.3) is 0 Å². The summed E-state index contributed by atoms with van der Waals surface area (Å²) in [6, 6.07) is 8.06. The first-order chi connectivity index (χ1) is 18.7. The molecule has 0 aliphatic carbocycles. The van der Waals surface area contributed by atoms with E-state index < -0.39 is 29.7 Å². The number of imide groups is 1. The molecule has 0 unspecified atom stereocenters. The highest BCUT2D eigenvalue weighted by Gasteiger charge is 2.21. The molecule has 1 aliphatic heterocycles. The number of benzene rings is 2. The van der Waals surface area contributed by atoms with Crippen molar-refractivity contribution in [2.24, 2.45) is 10.1 Å². The fraction of sp³-hybridized carbons (Fsp3) is 0.192.